The van der Waals surface area contributed by atoms with Crippen LogP contribution in [0, 0.1) is 11.3 Å². The normalized spacial score (nSPS) is 10.4. The molecule has 3 heteroatoms. The van der Waals surface area contributed by atoms with Crippen LogP contribution in [0.3, 0.4) is 0 Å². The molecule has 0 atom stereocenters. The minimum absolute atomic E-state index is 0.692. The van der Waals surface area contributed by atoms with E-state index >= 15 is 0 Å². The molecule has 0 bridgehead atoms. The number of nitriles is 1. The molecular weight excluding hydrogens is 330 g/mol. The quantitative estimate of drug-likeness (QED) is 0.604. The molecule has 0 radical (unpaired) electrons. The van der Waals surface area contributed by atoms with E-state index in [0.717, 1.165) is 14.3 Å². The van der Waals surface area contributed by atoms with E-state index in [1.165, 1.54) is 10.8 Å². The summed E-state index contributed by atoms with van der Waals surface area (Å²) >= 11 is 5.01. The van der Waals surface area contributed by atoms with Crippen LogP contribution in [0.2, 0.25) is 0 Å². The van der Waals surface area contributed by atoms with E-state index in [0.29, 0.717) is 5.56 Å². The Kier molecular flexibility index (Phi) is 3.77. The van der Waals surface area contributed by atoms with Gasteiger partial charge in [-0.25, -0.2) is 0 Å². The number of nitrogens with zero attached hydrogens (tertiary/aromatic N) is 1. The Hall–Kier alpha value is -1.76. The molecule has 0 saturated carbocycles. The smallest absolute Gasteiger partial charge is 0.100 e. The van der Waals surface area contributed by atoms with Crippen molar-refractivity contribution in [2.75, 3.05) is 0 Å². The first-order valence-electron chi connectivity index (χ1n) is 6.12. The minimum atomic E-state index is 0.692. The molecule has 0 N–H and O–H groups in total. The molecule has 20 heavy (non-hydrogen) atoms. The average molecular weight is 340 g/mol. The van der Waals surface area contributed by atoms with E-state index in [2.05, 4.69) is 52.3 Å². The predicted molar refractivity (Wildman–Crippen MR) is 86.9 cm³/mol. The number of rotatable bonds is 2. The van der Waals surface area contributed by atoms with Crippen molar-refractivity contribution in [3.05, 3.63) is 70.7 Å². The predicted octanol–water partition coefficient (Wildman–Crippen LogP) is 5.63. The molecule has 3 aromatic carbocycles. The fourth-order valence-corrected chi connectivity index (χ4v) is 3.32. The minimum Gasteiger partial charge on any atom is -0.192 e. The van der Waals surface area contributed by atoms with Crippen LogP contribution in [-0.4, -0.2) is 0 Å². The van der Waals surface area contributed by atoms with Gasteiger partial charge in [-0.05, 0) is 41.1 Å². The third-order valence-electron chi connectivity index (χ3n) is 3.01. The average Bonchev–Trinajstić information content (AvgIpc) is 2.49. The van der Waals surface area contributed by atoms with Crippen LogP contribution >= 0.6 is 27.7 Å². The summed E-state index contributed by atoms with van der Waals surface area (Å²) in [4.78, 5) is 2.12. The number of benzene rings is 3. The highest BCUT2D eigenvalue weighted by Gasteiger charge is 2.05. The molecule has 96 valence electrons. The summed E-state index contributed by atoms with van der Waals surface area (Å²) in [5.41, 5.74) is 0.692. The largest absolute Gasteiger partial charge is 0.192 e. The summed E-state index contributed by atoms with van der Waals surface area (Å²) in [6.07, 6.45) is 0. The molecular formula is C17H10BrNS. The Bertz CT molecular complexity index is 821. The summed E-state index contributed by atoms with van der Waals surface area (Å²) in [5.74, 6) is 0. The molecule has 0 unspecified atom stereocenters. The van der Waals surface area contributed by atoms with Crippen LogP contribution < -0.4 is 0 Å². The second kappa shape index (κ2) is 5.70. The number of hydrogen-bond donors (Lipinski definition) is 0. The SMILES string of the molecule is N#Cc1cc(Br)ccc1Sc1ccc2ccccc2c1. The lowest BCUT2D eigenvalue weighted by Gasteiger charge is -2.06. The van der Waals surface area contributed by atoms with Gasteiger partial charge in [-0.15, -0.1) is 0 Å². The maximum Gasteiger partial charge on any atom is 0.100 e. The van der Waals surface area contributed by atoms with Gasteiger partial charge in [0.1, 0.15) is 6.07 Å². The highest BCUT2D eigenvalue weighted by molar-refractivity contribution is 9.10. The lowest BCUT2D eigenvalue weighted by Crippen LogP contribution is -1.82. The lowest BCUT2D eigenvalue weighted by molar-refractivity contribution is 1.34. The molecule has 0 spiro atoms. The van der Waals surface area contributed by atoms with Crippen molar-refractivity contribution in [3.63, 3.8) is 0 Å². The Morgan fingerprint density at radius 3 is 2.50 bits per heavy atom. The van der Waals surface area contributed by atoms with Gasteiger partial charge in [-0.2, -0.15) is 5.26 Å². The van der Waals surface area contributed by atoms with Gasteiger partial charge in [-0.1, -0.05) is 58.0 Å². The van der Waals surface area contributed by atoms with E-state index in [1.807, 2.05) is 30.3 Å². The zero-order valence-corrected chi connectivity index (χ0v) is 12.9. The molecule has 0 aromatic heterocycles. The van der Waals surface area contributed by atoms with Crippen LogP contribution in [0.1, 0.15) is 5.56 Å². The molecule has 0 amide bonds. The molecule has 0 aliphatic carbocycles. The van der Waals surface area contributed by atoms with Crippen molar-refractivity contribution in [1.82, 2.24) is 0 Å². The molecule has 0 aliphatic heterocycles. The van der Waals surface area contributed by atoms with E-state index in [4.69, 9.17) is 0 Å². The second-order valence-corrected chi connectivity index (χ2v) is 6.39. The molecule has 3 aromatic rings. The van der Waals surface area contributed by atoms with Crippen molar-refractivity contribution in [1.29, 1.82) is 5.26 Å². The van der Waals surface area contributed by atoms with Gasteiger partial charge in [0, 0.05) is 14.3 Å². The van der Waals surface area contributed by atoms with E-state index in [9.17, 15) is 5.26 Å². The van der Waals surface area contributed by atoms with Gasteiger partial charge < -0.3 is 0 Å². The van der Waals surface area contributed by atoms with Crippen LogP contribution in [0.15, 0.2) is 74.9 Å². The van der Waals surface area contributed by atoms with Gasteiger partial charge >= 0.3 is 0 Å². The van der Waals surface area contributed by atoms with Gasteiger partial charge in [0.05, 0.1) is 5.56 Å². The zero-order chi connectivity index (χ0) is 13.9. The Balaban J connectivity index is 1.99. The van der Waals surface area contributed by atoms with Crippen LogP contribution in [0.25, 0.3) is 10.8 Å². The topological polar surface area (TPSA) is 23.8 Å². The Morgan fingerprint density at radius 1 is 0.900 bits per heavy atom. The Morgan fingerprint density at radius 2 is 1.70 bits per heavy atom. The summed E-state index contributed by atoms with van der Waals surface area (Å²) in [6, 6.07) is 22.7. The van der Waals surface area contributed by atoms with E-state index in [1.54, 1.807) is 11.8 Å². The number of fused-ring (bicyclic) bond motifs is 1. The van der Waals surface area contributed by atoms with Crippen LogP contribution in [0.4, 0.5) is 0 Å². The van der Waals surface area contributed by atoms with Gasteiger partial charge in [-0.3, -0.25) is 0 Å². The standard InChI is InChI=1S/C17H10BrNS/c18-15-6-8-17(14(9-15)11-19)20-16-7-5-12-3-1-2-4-13(12)10-16/h1-10H. The first-order valence-corrected chi connectivity index (χ1v) is 7.73. The molecule has 0 heterocycles. The fraction of sp³-hybridized carbons (Fsp3) is 0. The first kappa shape index (κ1) is 13.2. The third kappa shape index (κ3) is 2.72. The van der Waals surface area contributed by atoms with Crippen molar-refractivity contribution in [2.24, 2.45) is 0 Å². The monoisotopic (exact) mass is 339 g/mol. The summed E-state index contributed by atoms with van der Waals surface area (Å²) in [6.45, 7) is 0. The molecule has 1 nitrogen and oxygen atoms in total. The highest BCUT2D eigenvalue weighted by Crippen LogP contribution is 2.33. The molecule has 0 aliphatic rings. The summed E-state index contributed by atoms with van der Waals surface area (Å²) in [5, 5.41) is 11.7. The maximum atomic E-state index is 9.21. The number of halogens is 1. The van der Waals surface area contributed by atoms with Crippen molar-refractivity contribution in [2.45, 2.75) is 9.79 Å². The molecule has 0 saturated heterocycles. The summed E-state index contributed by atoms with van der Waals surface area (Å²) < 4.78 is 0.928. The summed E-state index contributed by atoms with van der Waals surface area (Å²) in [7, 11) is 0. The van der Waals surface area contributed by atoms with Crippen molar-refractivity contribution < 1.29 is 0 Å². The second-order valence-electron chi connectivity index (χ2n) is 4.36. The number of hydrogen-bond acceptors (Lipinski definition) is 2. The van der Waals surface area contributed by atoms with Gasteiger partial charge in [0.15, 0.2) is 0 Å². The van der Waals surface area contributed by atoms with Crippen LogP contribution in [0.5, 0.6) is 0 Å². The molecule has 0 fully saturated rings. The van der Waals surface area contributed by atoms with E-state index < -0.39 is 0 Å². The van der Waals surface area contributed by atoms with Gasteiger partial charge in [0.2, 0.25) is 0 Å². The Labute approximate surface area is 130 Å². The maximum absolute atomic E-state index is 9.21. The van der Waals surface area contributed by atoms with E-state index in [-0.39, 0.29) is 0 Å². The third-order valence-corrected chi connectivity index (χ3v) is 4.57. The van der Waals surface area contributed by atoms with Crippen molar-refractivity contribution >= 4 is 38.5 Å². The van der Waals surface area contributed by atoms with Crippen molar-refractivity contribution in [3.8, 4) is 6.07 Å². The first-order chi connectivity index (χ1) is 9.76. The van der Waals surface area contributed by atoms with Gasteiger partial charge in [0.25, 0.3) is 0 Å². The lowest BCUT2D eigenvalue weighted by atomic mass is 10.1. The molecule has 3 rings (SSSR count). The highest BCUT2D eigenvalue weighted by atomic mass is 79.9. The van der Waals surface area contributed by atoms with Crippen LogP contribution in [-0.2, 0) is 0 Å². The zero-order valence-electron chi connectivity index (χ0n) is 10.5. The fourth-order valence-electron chi connectivity index (χ4n) is 2.04.